The number of hydroxylamine groups is 3. The Balaban J connectivity index is 1.26. The van der Waals surface area contributed by atoms with Crippen molar-refractivity contribution in [2.45, 2.75) is 78.0 Å². The maximum atomic E-state index is 14.2. The van der Waals surface area contributed by atoms with Gasteiger partial charge in [-0.2, -0.15) is 5.06 Å². The number of anilines is 1. The number of para-hydroxylation sites is 1. The smallest absolute Gasteiger partial charge is 0.274 e. The summed E-state index contributed by atoms with van der Waals surface area (Å²) < 4.78 is 6.03. The number of hydrogen-bond acceptors (Lipinski definition) is 9. The van der Waals surface area contributed by atoms with E-state index in [2.05, 4.69) is 31.6 Å². The lowest BCUT2D eigenvalue weighted by Crippen LogP contribution is -2.62. The van der Waals surface area contributed by atoms with Crippen LogP contribution in [0.4, 0.5) is 5.69 Å². The lowest BCUT2D eigenvalue weighted by Gasteiger charge is -2.62. The number of fused-ring (bicyclic) bond motifs is 2. The zero-order chi connectivity index (χ0) is 37.3. The Hall–Kier alpha value is -4.00. The number of hydrogen-bond donors (Lipinski definition) is 4. The molecule has 4 N–H and O–H groups in total. The van der Waals surface area contributed by atoms with E-state index in [4.69, 9.17) is 14.4 Å². The maximum absolute atomic E-state index is 14.2. The summed E-state index contributed by atoms with van der Waals surface area (Å²) in [6.45, 7) is 8.57. The fraction of sp³-hybridized carbons (Fsp3) is 0.512. The average Bonchev–Trinajstić information content (AvgIpc) is 3.51. The molecule has 0 unspecified atom stereocenters. The number of methoxy groups -OCH3 is 1. The number of aliphatic hydroxyl groups is 2. The highest BCUT2D eigenvalue weighted by atomic mass is 16.7. The third kappa shape index (κ3) is 7.43. The van der Waals surface area contributed by atoms with Gasteiger partial charge in [-0.3, -0.25) is 19.3 Å². The van der Waals surface area contributed by atoms with Crippen LogP contribution in [0, 0.1) is 29.1 Å². The molecule has 0 spiro atoms. The summed E-state index contributed by atoms with van der Waals surface area (Å²) in [5.74, 6) is 0.758. The van der Waals surface area contributed by atoms with Gasteiger partial charge in [0.2, 0.25) is 5.91 Å². The van der Waals surface area contributed by atoms with Crippen molar-refractivity contribution < 1.29 is 34.2 Å². The van der Waals surface area contributed by atoms with Crippen LogP contribution in [0.25, 0.3) is 11.1 Å². The van der Waals surface area contributed by atoms with Crippen molar-refractivity contribution in [3.05, 3.63) is 83.4 Å². The summed E-state index contributed by atoms with van der Waals surface area (Å²) in [7, 11) is 5.40. The molecule has 3 aliphatic carbocycles. The first-order valence-corrected chi connectivity index (χ1v) is 18.3. The number of benzene rings is 3. The number of amides is 2. The number of rotatable bonds is 13. The minimum atomic E-state index is -0.905. The zero-order valence-corrected chi connectivity index (χ0v) is 31.3. The van der Waals surface area contributed by atoms with E-state index < -0.39 is 24.2 Å². The molecule has 1 saturated heterocycles. The Labute approximate surface area is 307 Å². The van der Waals surface area contributed by atoms with Gasteiger partial charge in [0.25, 0.3) is 5.91 Å². The molecule has 4 aliphatic rings. The molecule has 1 heterocycles. The molecule has 0 radical (unpaired) electrons. The van der Waals surface area contributed by atoms with Crippen molar-refractivity contribution in [2.24, 2.45) is 29.1 Å². The lowest BCUT2D eigenvalue weighted by atomic mass is 9.45. The number of aliphatic hydroxyl groups excluding tert-OH is 2. The second kappa shape index (κ2) is 15.5. The molecule has 3 aromatic rings. The average molecular weight is 715 g/mol. The molecule has 52 heavy (non-hydrogen) atoms. The van der Waals surface area contributed by atoms with E-state index >= 15 is 0 Å². The van der Waals surface area contributed by atoms with Crippen LogP contribution in [-0.2, 0) is 27.6 Å². The number of nitrogens with one attached hydrogen (secondary N) is 2. The van der Waals surface area contributed by atoms with Crippen LogP contribution in [0.2, 0.25) is 0 Å². The van der Waals surface area contributed by atoms with Gasteiger partial charge in [-0.1, -0.05) is 69.3 Å². The fourth-order valence-electron chi connectivity index (χ4n) is 8.80. The van der Waals surface area contributed by atoms with Crippen molar-refractivity contribution in [1.29, 1.82) is 0 Å². The van der Waals surface area contributed by atoms with Gasteiger partial charge in [-0.05, 0) is 72.3 Å². The van der Waals surface area contributed by atoms with Crippen molar-refractivity contribution >= 4 is 17.5 Å². The largest absolute Gasteiger partial charge is 0.496 e. The van der Waals surface area contributed by atoms with E-state index in [1.54, 1.807) is 31.2 Å². The Bertz CT molecular complexity index is 1730. The number of carbonyl (C=O) groups is 2. The van der Waals surface area contributed by atoms with Crippen molar-refractivity contribution in [3.8, 4) is 16.9 Å². The minimum absolute atomic E-state index is 0.0333. The van der Waals surface area contributed by atoms with E-state index in [0.717, 1.165) is 34.4 Å². The van der Waals surface area contributed by atoms with Crippen LogP contribution in [0.1, 0.15) is 62.0 Å². The molecule has 4 fully saturated rings. The first-order valence-electron chi connectivity index (χ1n) is 18.3. The highest BCUT2D eigenvalue weighted by Crippen LogP contribution is 2.61. The molecule has 2 amide bonds. The maximum Gasteiger partial charge on any atom is 0.274 e. The van der Waals surface area contributed by atoms with Gasteiger partial charge in [-0.25, -0.2) is 5.48 Å². The first kappa shape index (κ1) is 37.7. The predicted molar refractivity (Wildman–Crippen MR) is 199 cm³/mol. The van der Waals surface area contributed by atoms with E-state index in [9.17, 15) is 19.8 Å². The molecular formula is C41H54N4O7. The topological polar surface area (TPSA) is 133 Å². The van der Waals surface area contributed by atoms with Crippen LogP contribution in [0.5, 0.6) is 5.75 Å². The third-order valence-electron chi connectivity index (χ3n) is 11.9. The highest BCUT2D eigenvalue weighted by molar-refractivity contribution is 5.96. The lowest BCUT2D eigenvalue weighted by molar-refractivity contribution is -0.183. The van der Waals surface area contributed by atoms with Gasteiger partial charge < -0.3 is 25.2 Å². The SMILES string of the molecule is COc1c(CN2O[C@@H](CO)[C@H]([C@H](C)O)[C@H]2C(=O)N[C@H]2C[C@H]3C[C@@H]([C@@H]2C)C3(C)C)cccc1-c1cc(C(=O)NOCc2ccccc2)cc(N(C)C)c1. The van der Waals surface area contributed by atoms with E-state index in [0.29, 0.717) is 29.1 Å². The Kier molecular flexibility index (Phi) is 11.3. The molecule has 7 rings (SSSR count). The van der Waals surface area contributed by atoms with E-state index in [-0.39, 0.29) is 43.0 Å². The zero-order valence-electron chi connectivity index (χ0n) is 31.3. The molecule has 3 saturated carbocycles. The second-order valence-electron chi connectivity index (χ2n) is 15.6. The summed E-state index contributed by atoms with van der Waals surface area (Å²) in [6, 6.07) is 20.1. The summed E-state index contributed by atoms with van der Waals surface area (Å²) in [6.07, 6.45) is 0.456. The predicted octanol–water partition coefficient (Wildman–Crippen LogP) is 4.95. The summed E-state index contributed by atoms with van der Waals surface area (Å²) in [4.78, 5) is 41.2. The van der Waals surface area contributed by atoms with Gasteiger partial charge in [0, 0.05) is 48.4 Å². The van der Waals surface area contributed by atoms with E-state index in [1.807, 2.05) is 73.6 Å². The van der Waals surface area contributed by atoms with Crippen LogP contribution in [0.15, 0.2) is 66.7 Å². The molecule has 8 atom stereocenters. The van der Waals surface area contributed by atoms with Crippen LogP contribution < -0.4 is 20.4 Å². The Morgan fingerprint density at radius 2 is 1.83 bits per heavy atom. The molecule has 11 nitrogen and oxygen atoms in total. The second-order valence-corrected chi connectivity index (χ2v) is 15.6. The summed E-state index contributed by atoms with van der Waals surface area (Å²) in [5, 5.41) is 26.2. The summed E-state index contributed by atoms with van der Waals surface area (Å²) in [5.41, 5.74) is 7.22. The molecule has 3 aromatic carbocycles. The molecule has 2 bridgehead atoms. The number of ether oxygens (including phenoxy) is 1. The monoisotopic (exact) mass is 714 g/mol. The standard InChI is InChI=1S/C41H54N4O7/c1-24-33-19-30(41(33,3)4)20-34(24)42-40(49)37-36(25(2)47)35(22-46)52-45(37)21-27-14-11-15-32(38(27)50-7)28-16-29(18-31(17-28)44(5)6)39(48)43-51-23-26-12-9-8-10-13-26/h8-18,24-25,30,33-37,46-47H,19-23H2,1-7H3,(H,42,49)(H,43,48)/t24-,25-,30+,33-,34-,35-,36-,37-/m0/s1. The molecule has 11 heteroatoms. The minimum Gasteiger partial charge on any atom is -0.496 e. The molecule has 0 aromatic heterocycles. The molecular weight excluding hydrogens is 660 g/mol. The normalized spacial score (nSPS) is 27.0. The fourth-order valence-corrected chi connectivity index (χ4v) is 8.80. The first-order chi connectivity index (χ1) is 24.8. The van der Waals surface area contributed by atoms with Crippen molar-refractivity contribution in [2.75, 3.05) is 32.7 Å². The van der Waals surface area contributed by atoms with Crippen LogP contribution in [-0.4, -0.2) is 79.2 Å². The number of nitrogens with zero attached hydrogens (tertiary/aromatic N) is 2. The Morgan fingerprint density at radius 3 is 2.46 bits per heavy atom. The van der Waals surface area contributed by atoms with Gasteiger partial charge >= 0.3 is 0 Å². The quantitative estimate of drug-likeness (QED) is 0.182. The number of carbonyl (C=O) groups excluding carboxylic acids is 2. The third-order valence-corrected chi connectivity index (χ3v) is 11.9. The van der Waals surface area contributed by atoms with Crippen LogP contribution >= 0.6 is 0 Å². The molecule has 280 valence electrons. The molecule has 1 aliphatic heterocycles. The van der Waals surface area contributed by atoms with Crippen molar-refractivity contribution in [1.82, 2.24) is 15.9 Å². The van der Waals surface area contributed by atoms with Gasteiger partial charge in [0.05, 0.1) is 33.0 Å². The highest BCUT2D eigenvalue weighted by Gasteiger charge is 2.57. The van der Waals surface area contributed by atoms with Crippen molar-refractivity contribution in [3.63, 3.8) is 0 Å². The van der Waals surface area contributed by atoms with Crippen LogP contribution in [0.3, 0.4) is 0 Å². The summed E-state index contributed by atoms with van der Waals surface area (Å²) >= 11 is 0. The van der Waals surface area contributed by atoms with Gasteiger partial charge in [-0.15, -0.1) is 0 Å². The van der Waals surface area contributed by atoms with Gasteiger partial charge in [0.1, 0.15) is 17.9 Å². The Morgan fingerprint density at radius 1 is 1.08 bits per heavy atom. The van der Waals surface area contributed by atoms with E-state index in [1.165, 1.54) is 6.42 Å². The van der Waals surface area contributed by atoms with Gasteiger partial charge in [0.15, 0.2) is 0 Å².